The van der Waals surface area contributed by atoms with Crippen molar-refractivity contribution < 1.29 is 23.7 Å². The van der Waals surface area contributed by atoms with Gasteiger partial charge >= 0.3 is 0 Å². The fraction of sp³-hybridized carbons (Fsp3) is 0.409. The van der Waals surface area contributed by atoms with E-state index < -0.39 is 5.60 Å². The highest BCUT2D eigenvalue weighted by molar-refractivity contribution is 7.23. The number of aromatic nitrogens is 2. The molecule has 0 spiro atoms. The maximum atomic E-state index is 13.0. The molecule has 4 rings (SSSR count). The molecule has 9 nitrogen and oxygen atoms in total. The first-order valence-corrected chi connectivity index (χ1v) is 11.0. The van der Waals surface area contributed by atoms with Crippen molar-refractivity contribution in [2.75, 3.05) is 50.7 Å². The lowest BCUT2D eigenvalue weighted by Gasteiger charge is -2.28. The lowest BCUT2D eigenvalue weighted by atomic mass is 10.1. The van der Waals surface area contributed by atoms with Gasteiger partial charge in [0.15, 0.2) is 16.5 Å². The Hall–Kier alpha value is -3.11. The van der Waals surface area contributed by atoms with Crippen LogP contribution in [0.15, 0.2) is 30.5 Å². The van der Waals surface area contributed by atoms with Crippen LogP contribution in [0, 0.1) is 0 Å². The van der Waals surface area contributed by atoms with Crippen LogP contribution in [0.5, 0.6) is 17.2 Å². The van der Waals surface area contributed by atoms with Gasteiger partial charge in [0.05, 0.1) is 33.6 Å². The molecule has 10 heteroatoms. The van der Waals surface area contributed by atoms with Crippen LogP contribution in [0.2, 0.25) is 0 Å². The fourth-order valence-corrected chi connectivity index (χ4v) is 4.32. The molecular weight excluding hydrogens is 432 g/mol. The Morgan fingerprint density at radius 3 is 2.66 bits per heavy atom. The summed E-state index contributed by atoms with van der Waals surface area (Å²) in [6.07, 6.45) is 1.66. The van der Waals surface area contributed by atoms with Gasteiger partial charge in [-0.1, -0.05) is 17.4 Å². The van der Waals surface area contributed by atoms with Gasteiger partial charge in [-0.2, -0.15) is 0 Å². The molecule has 1 amide bonds. The third-order valence-electron chi connectivity index (χ3n) is 5.08. The molecular formula is C22H26N4O5S. The van der Waals surface area contributed by atoms with E-state index in [9.17, 15) is 4.79 Å². The van der Waals surface area contributed by atoms with Gasteiger partial charge in [0.1, 0.15) is 27.5 Å². The summed E-state index contributed by atoms with van der Waals surface area (Å²) in [6.45, 7) is 6.19. The monoisotopic (exact) mass is 458 g/mol. The molecule has 1 aliphatic heterocycles. The molecule has 0 bridgehead atoms. The lowest BCUT2D eigenvalue weighted by molar-refractivity contribution is -0.128. The highest BCUT2D eigenvalue weighted by Crippen LogP contribution is 2.38. The first-order chi connectivity index (χ1) is 15.4. The number of nitrogens with one attached hydrogen (secondary N) is 1. The largest absolute Gasteiger partial charge is 0.497 e. The number of rotatable bonds is 7. The highest BCUT2D eigenvalue weighted by Gasteiger charge is 2.31. The number of carbonyl (C=O) groups is 1. The van der Waals surface area contributed by atoms with Gasteiger partial charge in [0, 0.05) is 19.2 Å². The summed E-state index contributed by atoms with van der Waals surface area (Å²) < 4.78 is 22.9. The Morgan fingerprint density at radius 2 is 1.94 bits per heavy atom. The van der Waals surface area contributed by atoms with Crippen LogP contribution in [0.1, 0.15) is 13.8 Å². The number of anilines is 2. The minimum Gasteiger partial charge on any atom is -0.497 e. The molecule has 0 radical (unpaired) electrons. The molecule has 0 aliphatic carbocycles. The second-order valence-corrected chi connectivity index (χ2v) is 8.69. The molecule has 1 aliphatic rings. The SMILES string of the molecule is COc1cccc(OC(C)(C)C(=O)Nc2nc3c(OC)cnc(N4CCOCC4)c3s2)c1. The molecule has 3 aromatic rings. The number of hydrogen-bond donors (Lipinski definition) is 1. The normalized spacial score (nSPS) is 14.3. The topological polar surface area (TPSA) is 95.0 Å². The summed E-state index contributed by atoms with van der Waals surface area (Å²) in [5.74, 6) is 2.24. The molecule has 0 saturated carbocycles. The quantitative estimate of drug-likeness (QED) is 0.576. The zero-order valence-electron chi connectivity index (χ0n) is 18.5. The summed E-state index contributed by atoms with van der Waals surface area (Å²) in [5, 5.41) is 3.34. The summed E-state index contributed by atoms with van der Waals surface area (Å²) in [7, 11) is 3.16. The van der Waals surface area contributed by atoms with Crippen molar-refractivity contribution in [1.29, 1.82) is 0 Å². The van der Waals surface area contributed by atoms with E-state index in [1.165, 1.54) is 11.3 Å². The van der Waals surface area contributed by atoms with E-state index in [0.717, 1.165) is 23.6 Å². The molecule has 170 valence electrons. The van der Waals surface area contributed by atoms with Gasteiger partial charge in [-0.15, -0.1) is 0 Å². The van der Waals surface area contributed by atoms with Gasteiger partial charge in [-0.3, -0.25) is 10.1 Å². The smallest absolute Gasteiger partial charge is 0.269 e. The Kier molecular flexibility index (Phi) is 6.33. The third-order valence-corrected chi connectivity index (χ3v) is 6.05. The predicted molar refractivity (Wildman–Crippen MR) is 123 cm³/mol. The van der Waals surface area contributed by atoms with Crippen LogP contribution >= 0.6 is 11.3 Å². The van der Waals surface area contributed by atoms with E-state index in [2.05, 4.69) is 20.2 Å². The number of fused-ring (bicyclic) bond motifs is 1. The van der Waals surface area contributed by atoms with Gasteiger partial charge < -0.3 is 23.8 Å². The molecule has 2 aromatic heterocycles. The number of nitrogens with zero attached hydrogens (tertiary/aromatic N) is 3. The standard InChI is InChI=1S/C22H26N4O5S/c1-22(2,31-15-7-5-6-14(12-15)28-3)20(27)25-21-24-17-16(29-4)13-23-19(18(17)32-21)26-8-10-30-11-9-26/h5-7,12-13H,8-11H2,1-4H3,(H,24,25,27). The highest BCUT2D eigenvalue weighted by atomic mass is 32.1. The van der Waals surface area contributed by atoms with Crippen LogP contribution < -0.4 is 24.4 Å². The number of hydrogen-bond acceptors (Lipinski definition) is 9. The number of morpholine rings is 1. The summed E-state index contributed by atoms with van der Waals surface area (Å²) in [5.41, 5.74) is -0.477. The second kappa shape index (κ2) is 9.17. The van der Waals surface area contributed by atoms with Crippen molar-refractivity contribution in [2.45, 2.75) is 19.4 Å². The van der Waals surface area contributed by atoms with E-state index >= 15 is 0 Å². The Bertz CT molecular complexity index is 1110. The minimum absolute atomic E-state index is 0.320. The minimum atomic E-state index is -1.14. The number of methoxy groups -OCH3 is 2. The number of benzene rings is 1. The van der Waals surface area contributed by atoms with E-state index in [-0.39, 0.29) is 5.91 Å². The second-order valence-electron chi connectivity index (χ2n) is 7.69. The van der Waals surface area contributed by atoms with Crippen molar-refractivity contribution in [2.24, 2.45) is 0 Å². The molecule has 0 unspecified atom stereocenters. The number of thiazole rings is 1. The lowest BCUT2D eigenvalue weighted by Crippen LogP contribution is -2.42. The van der Waals surface area contributed by atoms with E-state index in [1.54, 1.807) is 46.4 Å². The van der Waals surface area contributed by atoms with Crippen LogP contribution in [0.4, 0.5) is 10.9 Å². The Labute approximate surface area is 190 Å². The van der Waals surface area contributed by atoms with Crippen LogP contribution in [0.3, 0.4) is 0 Å². The Balaban J connectivity index is 1.58. The molecule has 1 saturated heterocycles. The molecule has 3 heterocycles. The van der Waals surface area contributed by atoms with Gasteiger partial charge in [0.2, 0.25) is 0 Å². The van der Waals surface area contributed by atoms with Crippen LogP contribution in [0.25, 0.3) is 10.2 Å². The van der Waals surface area contributed by atoms with Crippen molar-refractivity contribution in [3.8, 4) is 17.2 Å². The van der Waals surface area contributed by atoms with E-state index in [1.807, 2.05) is 12.1 Å². The number of pyridine rings is 1. The predicted octanol–water partition coefficient (Wildman–Crippen LogP) is 3.34. The number of amides is 1. The zero-order valence-corrected chi connectivity index (χ0v) is 19.3. The maximum Gasteiger partial charge on any atom is 0.269 e. The van der Waals surface area contributed by atoms with Crippen LogP contribution in [-0.4, -0.2) is 62.0 Å². The van der Waals surface area contributed by atoms with Crippen molar-refractivity contribution in [3.05, 3.63) is 30.5 Å². The Morgan fingerprint density at radius 1 is 1.19 bits per heavy atom. The van der Waals surface area contributed by atoms with E-state index in [4.69, 9.17) is 18.9 Å². The average Bonchev–Trinajstić information content (AvgIpc) is 3.22. The van der Waals surface area contributed by atoms with E-state index in [0.29, 0.717) is 41.1 Å². The first-order valence-electron chi connectivity index (χ1n) is 10.2. The van der Waals surface area contributed by atoms with Crippen LogP contribution in [-0.2, 0) is 9.53 Å². The molecule has 1 N–H and O–H groups in total. The van der Waals surface area contributed by atoms with Crippen molar-refractivity contribution >= 4 is 38.4 Å². The van der Waals surface area contributed by atoms with Crippen molar-refractivity contribution in [3.63, 3.8) is 0 Å². The molecule has 32 heavy (non-hydrogen) atoms. The summed E-state index contributed by atoms with van der Waals surface area (Å²) >= 11 is 1.36. The van der Waals surface area contributed by atoms with Crippen molar-refractivity contribution in [1.82, 2.24) is 9.97 Å². The summed E-state index contributed by atoms with van der Waals surface area (Å²) in [6, 6.07) is 7.13. The molecule has 1 fully saturated rings. The molecule has 1 aromatic carbocycles. The average molecular weight is 459 g/mol. The summed E-state index contributed by atoms with van der Waals surface area (Å²) in [4.78, 5) is 24.4. The van der Waals surface area contributed by atoms with Gasteiger partial charge in [-0.05, 0) is 26.0 Å². The zero-order chi connectivity index (χ0) is 22.7. The number of carbonyl (C=O) groups excluding carboxylic acids is 1. The molecule has 0 atom stereocenters. The van der Waals surface area contributed by atoms with Gasteiger partial charge in [0.25, 0.3) is 5.91 Å². The first kappa shape index (κ1) is 22.1. The maximum absolute atomic E-state index is 13.0. The number of ether oxygens (including phenoxy) is 4. The fourth-order valence-electron chi connectivity index (χ4n) is 3.33. The van der Waals surface area contributed by atoms with Gasteiger partial charge in [-0.25, -0.2) is 9.97 Å². The third kappa shape index (κ3) is 4.56.